The summed E-state index contributed by atoms with van der Waals surface area (Å²) in [7, 11) is 0. The molecule has 1 unspecified atom stereocenters. The largest absolute Gasteiger partial charge is 1.00 e. The molecular weight excluding hydrogens is 565 g/mol. The summed E-state index contributed by atoms with van der Waals surface area (Å²) in [5.41, 5.74) is 4.32. The molecule has 1 aliphatic rings. The van der Waals surface area contributed by atoms with Gasteiger partial charge in [0.05, 0.1) is 5.52 Å². The normalized spacial score (nSPS) is 17.3. The number of aliphatic hydroxyl groups excluding tert-OH is 1. The SMILES string of the molecule is O.O=c1[nH]c2ccc(OCC(O)C[NH+]3CC[NH+](C(c4ccccc4)c4ccccc4)CC3)nc2n2cccc12.[Cl-].[Cl-]. The second kappa shape index (κ2) is 14.5. The zero-order valence-electron chi connectivity index (χ0n) is 22.5. The lowest BCUT2D eigenvalue weighted by Gasteiger charge is -2.35. The Morgan fingerprint density at radius 2 is 1.51 bits per heavy atom. The molecule has 6 rings (SSSR count). The van der Waals surface area contributed by atoms with Crippen molar-refractivity contribution in [1.29, 1.82) is 0 Å². The van der Waals surface area contributed by atoms with Crippen LogP contribution >= 0.6 is 0 Å². The molecule has 4 heterocycles. The highest BCUT2D eigenvalue weighted by molar-refractivity contribution is 5.74. The first kappa shape index (κ1) is 32.1. The molecule has 0 spiro atoms. The molecule has 41 heavy (non-hydrogen) atoms. The third-order valence-electron chi connectivity index (χ3n) is 7.53. The number of H-pyrrole nitrogens is 1. The molecule has 1 fully saturated rings. The number of piperazine rings is 1. The number of rotatable bonds is 8. The Labute approximate surface area is 250 Å². The van der Waals surface area contributed by atoms with Crippen molar-refractivity contribution >= 4 is 16.7 Å². The minimum absolute atomic E-state index is 0. The number of halogens is 2. The number of aromatic nitrogens is 3. The first-order chi connectivity index (χ1) is 18.7. The number of nitrogens with one attached hydrogen (secondary N) is 3. The average molecular weight is 601 g/mol. The van der Waals surface area contributed by atoms with Crippen LogP contribution in [0.5, 0.6) is 5.88 Å². The quantitative estimate of drug-likeness (QED) is 0.142. The molecular formula is C30H35Cl2N5O4. The molecule has 1 atom stereocenters. The maximum Gasteiger partial charge on any atom is 0.272 e. The van der Waals surface area contributed by atoms with E-state index < -0.39 is 6.10 Å². The number of fused-ring (bicyclic) bond motifs is 3. The van der Waals surface area contributed by atoms with E-state index in [-0.39, 0.29) is 42.5 Å². The van der Waals surface area contributed by atoms with Crippen molar-refractivity contribution in [2.24, 2.45) is 0 Å². The monoisotopic (exact) mass is 599 g/mol. The van der Waals surface area contributed by atoms with E-state index >= 15 is 0 Å². The van der Waals surface area contributed by atoms with Crippen molar-refractivity contribution in [3.8, 4) is 5.88 Å². The van der Waals surface area contributed by atoms with Crippen LogP contribution in [0.25, 0.3) is 16.7 Å². The summed E-state index contributed by atoms with van der Waals surface area (Å²) in [4.78, 5) is 22.5. The number of pyridine rings is 1. The van der Waals surface area contributed by atoms with Gasteiger partial charge in [0.2, 0.25) is 5.88 Å². The van der Waals surface area contributed by atoms with Crippen LogP contribution in [0.2, 0.25) is 0 Å². The van der Waals surface area contributed by atoms with Gasteiger partial charge in [0.15, 0.2) is 5.65 Å². The third kappa shape index (κ3) is 7.08. The minimum atomic E-state index is -0.592. The van der Waals surface area contributed by atoms with Gasteiger partial charge in [0, 0.05) is 23.4 Å². The summed E-state index contributed by atoms with van der Waals surface area (Å²) in [6.45, 7) is 4.87. The third-order valence-corrected chi connectivity index (χ3v) is 7.53. The number of aromatic amines is 1. The molecule has 0 saturated carbocycles. The Hall–Kier alpha value is -3.44. The summed E-state index contributed by atoms with van der Waals surface area (Å²) in [6, 6.07) is 28.9. The summed E-state index contributed by atoms with van der Waals surface area (Å²) in [5, 5.41) is 10.7. The molecule has 11 heteroatoms. The van der Waals surface area contributed by atoms with E-state index in [0.29, 0.717) is 35.1 Å². The predicted molar refractivity (Wildman–Crippen MR) is 149 cm³/mol. The van der Waals surface area contributed by atoms with E-state index in [4.69, 9.17) is 4.74 Å². The smallest absolute Gasteiger partial charge is 0.272 e. The molecule has 5 aromatic rings. The van der Waals surface area contributed by atoms with Gasteiger partial charge >= 0.3 is 0 Å². The van der Waals surface area contributed by atoms with Gasteiger partial charge in [-0.25, -0.2) is 0 Å². The van der Waals surface area contributed by atoms with Gasteiger partial charge in [-0.15, -0.1) is 0 Å². The fraction of sp³-hybridized carbons (Fsp3) is 0.267. The van der Waals surface area contributed by atoms with E-state index in [0.717, 1.165) is 26.2 Å². The zero-order chi connectivity index (χ0) is 25.9. The van der Waals surface area contributed by atoms with Gasteiger partial charge in [-0.1, -0.05) is 60.7 Å². The standard InChI is InChI=1S/C30H31N5O3.2ClH.H2O/c36-24(21-38-27-14-13-25-29(32-27)35-15-7-12-26(35)30(37)31-25)20-33-16-18-34(19-17-33)28(22-8-3-1-4-9-22)23-10-5-2-6-11-23;;;/h1-15,24,28,36H,16-21H2,(H,31,37);2*1H;1H2. The zero-order valence-corrected chi connectivity index (χ0v) is 24.0. The van der Waals surface area contributed by atoms with Crippen LogP contribution in [0.15, 0.2) is 95.9 Å². The fourth-order valence-electron chi connectivity index (χ4n) is 5.68. The van der Waals surface area contributed by atoms with Crippen molar-refractivity contribution in [2.45, 2.75) is 12.1 Å². The second-order valence-electron chi connectivity index (χ2n) is 10.1. The van der Waals surface area contributed by atoms with Crippen LogP contribution in [0.1, 0.15) is 17.2 Å². The first-order valence-corrected chi connectivity index (χ1v) is 13.2. The Morgan fingerprint density at radius 3 is 2.15 bits per heavy atom. The van der Waals surface area contributed by atoms with Gasteiger partial charge in [-0.05, 0) is 18.2 Å². The van der Waals surface area contributed by atoms with Crippen LogP contribution in [-0.4, -0.2) is 70.4 Å². The van der Waals surface area contributed by atoms with E-state index in [1.165, 1.54) is 16.0 Å². The fourth-order valence-corrected chi connectivity index (χ4v) is 5.68. The Kier molecular flexibility index (Phi) is 11.3. The number of hydrogen-bond donors (Lipinski definition) is 4. The predicted octanol–water partition coefficient (Wildman–Crippen LogP) is -6.33. The first-order valence-electron chi connectivity index (χ1n) is 13.2. The molecule has 0 bridgehead atoms. The minimum Gasteiger partial charge on any atom is -1.00 e. The van der Waals surface area contributed by atoms with E-state index in [1.807, 2.05) is 12.3 Å². The van der Waals surface area contributed by atoms with Gasteiger partial charge < -0.3 is 54.9 Å². The van der Waals surface area contributed by atoms with E-state index in [2.05, 4.69) is 70.6 Å². The summed E-state index contributed by atoms with van der Waals surface area (Å²) in [6.07, 6.45) is 1.22. The van der Waals surface area contributed by atoms with Crippen LogP contribution < -0.4 is 44.9 Å². The highest BCUT2D eigenvalue weighted by Crippen LogP contribution is 2.19. The lowest BCUT2D eigenvalue weighted by Crippen LogP contribution is -3.28. The Morgan fingerprint density at radius 1 is 0.878 bits per heavy atom. The molecule has 9 nitrogen and oxygen atoms in total. The van der Waals surface area contributed by atoms with Crippen LogP contribution in [0, 0.1) is 0 Å². The van der Waals surface area contributed by atoms with Crippen molar-refractivity contribution in [2.75, 3.05) is 39.3 Å². The van der Waals surface area contributed by atoms with E-state index in [1.54, 1.807) is 27.5 Å². The molecule has 218 valence electrons. The Balaban J connectivity index is 0.00000154. The molecule has 3 aromatic heterocycles. The number of quaternary nitrogens is 2. The van der Waals surface area contributed by atoms with Gasteiger partial charge in [-0.2, -0.15) is 4.98 Å². The average Bonchev–Trinajstić information content (AvgIpc) is 3.46. The highest BCUT2D eigenvalue weighted by atomic mass is 35.5. The number of benzene rings is 2. The van der Waals surface area contributed by atoms with Crippen molar-refractivity contribution in [3.05, 3.63) is 113 Å². The lowest BCUT2D eigenvalue weighted by atomic mass is 9.96. The lowest BCUT2D eigenvalue weighted by molar-refractivity contribution is -1.02. The summed E-state index contributed by atoms with van der Waals surface area (Å²) >= 11 is 0. The van der Waals surface area contributed by atoms with Crippen molar-refractivity contribution in [1.82, 2.24) is 14.4 Å². The second-order valence-corrected chi connectivity index (χ2v) is 10.1. The van der Waals surface area contributed by atoms with E-state index in [9.17, 15) is 9.90 Å². The number of ether oxygens (including phenoxy) is 1. The van der Waals surface area contributed by atoms with Crippen molar-refractivity contribution in [3.63, 3.8) is 0 Å². The molecule has 0 radical (unpaired) electrons. The Bertz CT molecular complexity index is 1530. The van der Waals surface area contributed by atoms with Gasteiger partial charge in [0.25, 0.3) is 5.56 Å². The molecule has 0 aliphatic carbocycles. The summed E-state index contributed by atoms with van der Waals surface area (Å²) < 4.78 is 7.61. The van der Waals surface area contributed by atoms with Crippen molar-refractivity contribution < 1.29 is 49.9 Å². The molecule has 1 aliphatic heterocycles. The molecule has 1 saturated heterocycles. The molecule has 0 amide bonds. The molecule has 2 aromatic carbocycles. The van der Waals surface area contributed by atoms with Crippen LogP contribution in [0.3, 0.4) is 0 Å². The topological polar surface area (TPSA) is 120 Å². The van der Waals surface area contributed by atoms with Crippen LogP contribution in [-0.2, 0) is 0 Å². The van der Waals surface area contributed by atoms with Gasteiger partial charge in [-0.3, -0.25) is 9.20 Å². The summed E-state index contributed by atoms with van der Waals surface area (Å²) in [5.74, 6) is 0.427. The maximum atomic E-state index is 12.2. The maximum absolute atomic E-state index is 12.2. The number of aliphatic hydroxyl groups is 1. The van der Waals surface area contributed by atoms with Crippen LogP contribution in [0.4, 0.5) is 0 Å². The highest BCUT2D eigenvalue weighted by Gasteiger charge is 2.32. The number of nitrogens with zero attached hydrogens (tertiary/aromatic N) is 2. The van der Waals surface area contributed by atoms with Gasteiger partial charge in [0.1, 0.15) is 57.0 Å². The number of hydrogen-bond acceptors (Lipinski definition) is 4. The molecule has 6 N–H and O–H groups in total.